The maximum atomic E-state index is 12.9. The van der Waals surface area contributed by atoms with Gasteiger partial charge in [0.05, 0.1) is 0 Å². The van der Waals surface area contributed by atoms with E-state index in [2.05, 4.69) is 38.2 Å². The molecular weight excluding hydrogens is 245 g/mol. The summed E-state index contributed by atoms with van der Waals surface area (Å²) >= 11 is 1.81. The maximum absolute atomic E-state index is 12.9. The first kappa shape index (κ1) is 13.2. The Morgan fingerprint density at radius 3 is 2.22 bits per heavy atom. The second-order valence-electron chi connectivity index (χ2n) is 4.61. The van der Waals surface area contributed by atoms with Crippen molar-refractivity contribution in [3.8, 4) is 0 Å². The average Bonchev–Trinajstić information content (AvgIpc) is 2.76. The van der Waals surface area contributed by atoms with E-state index in [4.69, 9.17) is 0 Å². The van der Waals surface area contributed by atoms with Gasteiger partial charge in [0.1, 0.15) is 5.82 Å². The third kappa shape index (κ3) is 3.18. The van der Waals surface area contributed by atoms with Crippen LogP contribution in [-0.4, -0.2) is 0 Å². The van der Waals surface area contributed by atoms with Gasteiger partial charge in [-0.05, 0) is 50.6 Å². The van der Waals surface area contributed by atoms with Crippen molar-refractivity contribution in [3.05, 3.63) is 57.5 Å². The van der Waals surface area contributed by atoms with Gasteiger partial charge in [-0.25, -0.2) is 4.39 Å². The molecule has 1 unspecified atom stereocenters. The van der Waals surface area contributed by atoms with Crippen molar-refractivity contribution < 1.29 is 4.39 Å². The summed E-state index contributed by atoms with van der Waals surface area (Å²) in [6.07, 6.45) is 0. The fourth-order valence-electron chi connectivity index (χ4n) is 1.99. The molecule has 0 fully saturated rings. The van der Waals surface area contributed by atoms with E-state index in [1.807, 2.05) is 23.5 Å². The topological polar surface area (TPSA) is 12.0 Å². The molecule has 1 N–H and O–H groups in total. The van der Waals surface area contributed by atoms with E-state index in [9.17, 15) is 4.39 Å². The highest BCUT2D eigenvalue weighted by Crippen LogP contribution is 2.25. The Morgan fingerprint density at radius 2 is 1.67 bits per heavy atom. The molecule has 1 heterocycles. The molecule has 3 heteroatoms. The molecule has 0 amide bonds. The number of nitrogens with one attached hydrogen (secondary N) is 1. The molecule has 0 aliphatic heterocycles. The van der Waals surface area contributed by atoms with Gasteiger partial charge >= 0.3 is 0 Å². The monoisotopic (exact) mass is 263 g/mol. The van der Waals surface area contributed by atoms with Crippen molar-refractivity contribution in [3.63, 3.8) is 0 Å². The summed E-state index contributed by atoms with van der Waals surface area (Å²) in [6, 6.07) is 11.5. The minimum absolute atomic E-state index is 0.187. The first-order chi connectivity index (χ1) is 8.56. The van der Waals surface area contributed by atoms with E-state index in [1.54, 1.807) is 0 Å². The third-order valence-corrected chi connectivity index (χ3v) is 4.24. The molecule has 0 saturated carbocycles. The number of thiophene rings is 1. The summed E-state index contributed by atoms with van der Waals surface area (Å²) in [5.41, 5.74) is 1.11. The smallest absolute Gasteiger partial charge is 0.123 e. The highest BCUT2D eigenvalue weighted by molar-refractivity contribution is 7.12. The molecular formula is C15H18FNS. The van der Waals surface area contributed by atoms with Crippen molar-refractivity contribution in [1.29, 1.82) is 0 Å². The van der Waals surface area contributed by atoms with Crippen LogP contribution in [0.15, 0.2) is 36.4 Å². The lowest BCUT2D eigenvalue weighted by Gasteiger charge is -2.19. The van der Waals surface area contributed by atoms with Crippen molar-refractivity contribution in [2.75, 3.05) is 0 Å². The van der Waals surface area contributed by atoms with Crippen molar-refractivity contribution in [1.82, 2.24) is 5.32 Å². The largest absolute Gasteiger partial charge is 0.303 e. The molecule has 1 aromatic carbocycles. The SMILES string of the molecule is Cc1ccc(C(C)N[C@@H](C)c2ccc(F)cc2)s1. The molecule has 96 valence electrons. The Morgan fingerprint density at radius 1 is 1.00 bits per heavy atom. The molecule has 0 bridgehead atoms. The molecule has 0 aliphatic rings. The van der Waals surface area contributed by atoms with Crippen LogP contribution in [0, 0.1) is 12.7 Å². The molecule has 0 aliphatic carbocycles. The van der Waals surface area contributed by atoms with Crippen LogP contribution in [0.2, 0.25) is 0 Å². The zero-order valence-corrected chi connectivity index (χ0v) is 11.7. The summed E-state index contributed by atoms with van der Waals surface area (Å²) in [5, 5.41) is 3.53. The number of benzene rings is 1. The standard InChI is InChI=1S/C15H18FNS/c1-10-4-9-15(18-10)12(3)17-11(2)13-5-7-14(16)8-6-13/h4-9,11-12,17H,1-3H3/t11-,12?/m0/s1. The fourth-order valence-corrected chi connectivity index (χ4v) is 2.88. The van der Waals surface area contributed by atoms with Crippen LogP contribution >= 0.6 is 11.3 Å². The number of hydrogen-bond donors (Lipinski definition) is 1. The minimum Gasteiger partial charge on any atom is -0.303 e. The second kappa shape index (κ2) is 5.63. The first-order valence-corrected chi connectivity index (χ1v) is 6.96. The van der Waals surface area contributed by atoms with Gasteiger partial charge in [0.25, 0.3) is 0 Å². The van der Waals surface area contributed by atoms with Crippen LogP contribution < -0.4 is 5.32 Å². The lowest BCUT2D eigenvalue weighted by Crippen LogP contribution is -2.21. The van der Waals surface area contributed by atoms with Gasteiger partial charge in [-0.15, -0.1) is 11.3 Å². The summed E-state index contributed by atoms with van der Waals surface area (Å²) in [5.74, 6) is -0.187. The molecule has 0 radical (unpaired) electrons. The van der Waals surface area contributed by atoms with Crippen molar-refractivity contribution in [2.24, 2.45) is 0 Å². The van der Waals surface area contributed by atoms with E-state index in [-0.39, 0.29) is 11.9 Å². The van der Waals surface area contributed by atoms with Crippen LogP contribution in [-0.2, 0) is 0 Å². The highest BCUT2D eigenvalue weighted by Gasteiger charge is 2.12. The van der Waals surface area contributed by atoms with Gasteiger partial charge in [0, 0.05) is 21.8 Å². The summed E-state index contributed by atoms with van der Waals surface area (Å²) in [7, 11) is 0. The Kier molecular flexibility index (Phi) is 4.15. The first-order valence-electron chi connectivity index (χ1n) is 6.14. The number of rotatable bonds is 4. The van der Waals surface area contributed by atoms with Gasteiger partial charge < -0.3 is 5.32 Å². The Labute approximate surface area is 112 Å². The minimum atomic E-state index is -0.187. The highest BCUT2D eigenvalue weighted by atomic mass is 32.1. The van der Waals surface area contributed by atoms with Crippen LogP contribution in [0.5, 0.6) is 0 Å². The molecule has 2 aromatic rings. The van der Waals surface area contributed by atoms with Gasteiger partial charge in [-0.2, -0.15) is 0 Å². The quantitative estimate of drug-likeness (QED) is 0.849. The van der Waals surface area contributed by atoms with E-state index >= 15 is 0 Å². The fraction of sp³-hybridized carbons (Fsp3) is 0.333. The van der Waals surface area contributed by atoms with Crippen molar-refractivity contribution in [2.45, 2.75) is 32.9 Å². The van der Waals surface area contributed by atoms with Crippen LogP contribution in [0.25, 0.3) is 0 Å². The van der Waals surface area contributed by atoms with E-state index in [1.165, 1.54) is 21.9 Å². The van der Waals surface area contributed by atoms with E-state index < -0.39 is 0 Å². The Bertz CT molecular complexity index is 503. The zero-order chi connectivity index (χ0) is 13.1. The summed E-state index contributed by atoms with van der Waals surface area (Å²) in [4.78, 5) is 2.66. The van der Waals surface area contributed by atoms with Gasteiger partial charge in [0.15, 0.2) is 0 Å². The van der Waals surface area contributed by atoms with Crippen LogP contribution in [0.4, 0.5) is 4.39 Å². The normalized spacial score (nSPS) is 14.4. The second-order valence-corrected chi connectivity index (χ2v) is 5.93. The lowest BCUT2D eigenvalue weighted by molar-refractivity contribution is 0.499. The number of halogens is 1. The van der Waals surface area contributed by atoms with Crippen molar-refractivity contribution >= 4 is 11.3 Å². The van der Waals surface area contributed by atoms with E-state index in [0.29, 0.717) is 6.04 Å². The molecule has 1 aromatic heterocycles. The molecule has 2 atom stereocenters. The maximum Gasteiger partial charge on any atom is 0.123 e. The Balaban J connectivity index is 2.02. The number of hydrogen-bond acceptors (Lipinski definition) is 2. The summed E-state index contributed by atoms with van der Waals surface area (Å²) in [6.45, 7) is 6.37. The molecule has 0 saturated heterocycles. The average molecular weight is 263 g/mol. The van der Waals surface area contributed by atoms with E-state index in [0.717, 1.165) is 5.56 Å². The molecule has 0 spiro atoms. The van der Waals surface area contributed by atoms with Gasteiger partial charge in [0.2, 0.25) is 0 Å². The molecule has 1 nitrogen and oxygen atoms in total. The van der Waals surface area contributed by atoms with Crippen LogP contribution in [0.3, 0.4) is 0 Å². The molecule has 18 heavy (non-hydrogen) atoms. The third-order valence-electron chi connectivity index (χ3n) is 3.06. The lowest BCUT2D eigenvalue weighted by atomic mass is 10.1. The predicted octanol–water partition coefficient (Wildman–Crippen LogP) is 4.61. The van der Waals surface area contributed by atoms with Gasteiger partial charge in [-0.1, -0.05) is 12.1 Å². The number of aryl methyl sites for hydroxylation is 1. The van der Waals surface area contributed by atoms with Gasteiger partial charge in [-0.3, -0.25) is 0 Å². The van der Waals surface area contributed by atoms with Crippen LogP contribution in [0.1, 0.15) is 41.2 Å². The zero-order valence-electron chi connectivity index (χ0n) is 10.9. The Hall–Kier alpha value is -1.19. The molecule has 2 rings (SSSR count). The summed E-state index contributed by atoms with van der Waals surface area (Å²) < 4.78 is 12.9. The predicted molar refractivity (Wildman–Crippen MR) is 75.4 cm³/mol.